The van der Waals surface area contributed by atoms with Crippen LogP contribution in [0.1, 0.15) is 91.9 Å². The van der Waals surface area contributed by atoms with Gasteiger partial charge in [0.05, 0.1) is 6.61 Å². The fraction of sp³-hybridized carbons (Fsp3) is 0.926. The molecule has 3 saturated carbocycles. The van der Waals surface area contributed by atoms with Crippen LogP contribution in [-0.4, -0.2) is 49.9 Å². The summed E-state index contributed by atoms with van der Waals surface area (Å²) in [6, 6.07) is 0. The van der Waals surface area contributed by atoms with E-state index in [1.807, 2.05) is 0 Å². The Bertz CT molecular complexity index is 1100. The molecule has 0 bridgehead atoms. The van der Waals surface area contributed by atoms with Gasteiger partial charge in [-0.1, -0.05) is 46.6 Å². The van der Waals surface area contributed by atoms with Gasteiger partial charge in [0.1, 0.15) is 12.2 Å². The maximum atomic E-state index is 11.4. The molecule has 38 heavy (non-hydrogen) atoms. The maximum Gasteiger partial charge on any atom is 0.397 e. The second-order valence-corrected chi connectivity index (χ2v) is 15.4. The zero-order chi connectivity index (χ0) is 28.1. The molecule has 3 N–H and O–H groups in total. The Labute approximate surface area is 228 Å². The second kappa shape index (κ2) is 11.0. The predicted octanol–water partition coefficient (Wildman–Crippen LogP) is 4.99. The Morgan fingerprint density at radius 3 is 2.32 bits per heavy atom. The first-order valence-electron chi connectivity index (χ1n) is 14.2. The highest BCUT2D eigenvalue weighted by atomic mass is 32.3. The molecule has 9 nitrogen and oxygen atoms in total. The second-order valence-electron chi connectivity index (χ2n) is 13.3. The fourth-order valence-electron chi connectivity index (χ4n) is 9.14. The molecule has 0 spiro atoms. The van der Waals surface area contributed by atoms with Crippen LogP contribution in [0.25, 0.3) is 0 Å². The van der Waals surface area contributed by atoms with E-state index in [9.17, 15) is 26.5 Å². The van der Waals surface area contributed by atoms with E-state index in [-0.39, 0.29) is 23.4 Å². The Morgan fingerprint density at radius 2 is 1.68 bits per heavy atom. The monoisotopic (exact) mass is 578 g/mol. The number of allylic oxidation sites excluding steroid dienone is 1. The lowest BCUT2D eigenvalue weighted by Crippen LogP contribution is -2.54. The first-order chi connectivity index (χ1) is 17.6. The summed E-state index contributed by atoms with van der Waals surface area (Å²) in [5.41, 5.74) is 0.619. The number of rotatable bonds is 10. The van der Waals surface area contributed by atoms with E-state index in [0.717, 1.165) is 56.9 Å². The van der Waals surface area contributed by atoms with Gasteiger partial charge < -0.3 is 5.11 Å². The molecular weight excluding hydrogens is 532 g/mol. The predicted molar refractivity (Wildman–Crippen MR) is 143 cm³/mol. The van der Waals surface area contributed by atoms with Crippen LogP contribution in [0.3, 0.4) is 0 Å². The Hall–Kier alpha value is -0.560. The molecule has 4 aliphatic carbocycles. The van der Waals surface area contributed by atoms with Gasteiger partial charge in [-0.2, -0.15) is 16.8 Å². The minimum Gasteiger partial charge on any atom is -0.386 e. The van der Waals surface area contributed by atoms with Crippen LogP contribution in [0.4, 0.5) is 0 Å². The van der Waals surface area contributed by atoms with Crippen molar-refractivity contribution < 1.29 is 39.4 Å². The van der Waals surface area contributed by atoms with E-state index in [0.29, 0.717) is 42.4 Å². The van der Waals surface area contributed by atoms with Crippen LogP contribution < -0.4 is 0 Å². The standard InChI is InChI=1S/C27H46O9S2/c1-17(2)6-5-7-18(16-35-37(29,30)31)20-10-11-21-19-8-9-23-25(28)24(36-38(32,33)34)13-15-27(23,4)22(19)12-14-26(20,21)3/h9,17-22,24-25,28H,5-8,10-16H2,1-4H3,(H,29,30,31)(H,32,33,34)/t18-,19?,20?,21?,22?,24+,25+,26+,27+/m0/s1. The maximum absolute atomic E-state index is 11.4. The summed E-state index contributed by atoms with van der Waals surface area (Å²) >= 11 is 0. The van der Waals surface area contributed by atoms with Crippen molar-refractivity contribution in [3.8, 4) is 0 Å². The minimum atomic E-state index is -4.65. The summed E-state index contributed by atoms with van der Waals surface area (Å²) in [6.45, 7) is 8.93. The normalized spacial score (nSPS) is 40.3. The molecule has 0 aromatic rings. The molecular formula is C27H46O9S2. The molecule has 11 heteroatoms. The average molecular weight is 579 g/mol. The first kappa shape index (κ1) is 30.4. The van der Waals surface area contributed by atoms with Crippen molar-refractivity contribution in [3.05, 3.63) is 11.6 Å². The van der Waals surface area contributed by atoms with Crippen molar-refractivity contribution in [1.82, 2.24) is 0 Å². The quantitative estimate of drug-likeness (QED) is 0.241. The third-order valence-corrected chi connectivity index (χ3v) is 11.7. The number of aliphatic hydroxyl groups excluding tert-OH is 1. The van der Waals surface area contributed by atoms with Crippen molar-refractivity contribution in [2.24, 2.45) is 46.3 Å². The molecule has 220 valence electrons. The van der Waals surface area contributed by atoms with Crippen LogP contribution in [0.15, 0.2) is 11.6 Å². The first-order valence-corrected chi connectivity index (χ1v) is 16.9. The largest absolute Gasteiger partial charge is 0.397 e. The Morgan fingerprint density at radius 1 is 0.974 bits per heavy atom. The van der Waals surface area contributed by atoms with Crippen molar-refractivity contribution in [3.63, 3.8) is 0 Å². The van der Waals surface area contributed by atoms with Gasteiger partial charge in [-0.15, -0.1) is 0 Å². The SMILES string of the molecule is CC(C)CCC[C@@H](COS(=O)(=O)O)C1CCC2C3CC=C4[C@@H](O)[C@H](OS(=O)(=O)O)CC[C@]4(C)C3CC[C@@]21C. The minimum absolute atomic E-state index is 0.0150. The molecule has 9 atom stereocenters. The lowest BCUT2D eigenvalue weighted by atomic mass is 9.46. The van der Waals surface area contributed by atoms with E-state index in [4.69, 9.17) is 12.9 Å². The topological polar surface area (TPSA) is 147 Å². The summed E-state index contributed by atoms with van der Waals surface area (Å²) in [5.74, 6) is 2.18. The van der Waals surface area contributed by atoms with Gasteiger partial charge in [0, 0.05) is 0 Å². The molecule has 0 amide bonds. The molecule has 0 saturated heterocycles. The smallest absolute Gasteiger partial charge is 0.386 e. The molecule has 0 aromatic heterocycles. The zero-order valence-corrected chi connectivity index (χ0v) is 24.7. The van der Waals surface area contributed by atoms with Gasteiger partial charge in [-0.3, -0.25) is 9.11 Å². The van der Waals surface area contributed by atoms with Crippen molar-refractivity contribution in [2.75, 3.05) is 6.61 Å². The number of hydrogen-bond donors (Lipinski definition) is 3. The molecule has 4 rings (SSSR count). The van der Waals surface area contributed by atoms with Crippen molar-refractivity contribution in [1.29, 1.82) is 0 Å². The molecule has 0 heterocycles. The highest BCUT2D eigenvalue weighted by molar-refractivity contribution is 7.81. The zero-order valence-electron chi connectivity index (χ0n) is 23.1. The molecule has 3 fully saturated rings. The number of aliphatic hydroxyl groups is 1. The summed E-state index contributed by atoms with van der Waals surface area (Å²) < 4.78 is 73.7. The van der Waals surface area contributed by atoms with Crippen LogP contribution in [-0.2, 0) is 29.2 Å². The highest BCUT2D eigenvalue weighted by Gasteiger charge is 2.60. The Kier molecular flexibility index (Phi) is 8.82. The van der Waals surface area contributed by atoms with Crippen LogP contribution in [0.5, 0.6) is 0 Å². The van der Waals surface area contributed by atoms with Gasteiger partial charge in [0.15, 0.2) is 0 Å². The molecule has 0 aliphatic heterocycles. The summed E-state index contributed by atoms with van der Waals surface area (Å²) in [4.78, 5) is 0. The third kappa shape index (κ3) is 6.19. The number of hydrogen-bond acceptors (Lipinski definition) is 7. The molecule has 0 radical (unpaired) electrons. The van der Waals surface area contributed by atoms with E-state index in [1.54, 1.807) is 0 Å². The average Bonchev–Trinajstić information content (AvgIpc) is 3.14. The van der Waals surface area contributed by atoms with E-state index >= 15 is 0 Å². The lowest BCUT2D eigenvalue weighted by Gasteiger charge is -2.59. The van der Waals surface area contributed by atoms with Crippen molar-refractivity contribution in [2.45, 2.75) is 104 Å². The van der Waals surface area contributed by atoms with Crippen LogP contribution >= 0.6 is 0 Å². The Balaban J connectivity index is 1.54. The molecule has 4 unspecified atom stereocenters. The van der Waals surface area contributed by atoms with Crippen molar-refractivity contribution >= 4 is 20.8 Å². The van der Waals surface area contributed by atoms with Crippen LogP contribution in [0, 0.1) is 46.3 Å². The highest BCUT2D eigenvalue weighted by Crippen LogP contribution is 2.67. The van der Waals surface area contributed by atoms with E-state index < -0.39 is 33.0 Å². The van der Waals surface area contributed by atoms with E-state index in [1.165, 1.54) is 0 Å². The number of fused-ring (bicyclic) bond motifs is 5. The fourth-order valence-corrected chi connectivity index (χ4v) is 10.0. The van der Waals surface area contributed by atoms with Gasteiger partial charge in [-0.25, -0.2) is 8.37 Å². The van der Waals surface area contributed by atoms with Crippen LogP contribution in [0.2, 0.25) is 0 Å². The lowest BCUT2D eigenvalue weighted by molar-refractivity contribution is -0.0788. The third-order valence-electron chi connectivity index (χ3n) is 10.8. The van der Waals surface area contributed by atoms with Gasteiger partial charge in [-0.05, 0) is 103 Å². The summed E-state index contributed by atoms with van der Waals surface area (Å²) in [6.07, 6.45) is 8.88. The molecule has 4 aliphatic rings. The molecule has 0 aromatic carbocycles. The van der Waals surface area contributed by atoms with Gasteiger partial charge in [0.25, 0.3) is 0 Å². The van der Waals surface area contributed by atoms with Gasteiger partial charge in [0.2, 0.25) is 0 Å². The van der Waals surface area contributed by atoms with E-state index in [2.05, 4.69) is 33.8 Å². The summed E-state index contributed by atoms with van der Waals surface area (Å²) in [7, 11) is -9.14. The summed E-state index contributed by atoms with van der Waals surface area (Å²) in [5, 5.41) is 11.0. The van der Waals surface area contributed by atoms with Gasteiger partial charge >= 0.3 is 20.8 Å².